The summed E-state index contributed by atoms with van der Waals surface area (Å²) in [6.45, 7) is 6.18. The molecule has 0 bridgehead atoms. The zero-order chi connectivity index (χ0) is 9.68. The Labute approximate surface area is 82.3 Å². The highest BCUT2D eigenvalue weighted by Gasteiger charge is 2.02. The predicted octanol–water partition coefficient (Wildman–Crippen LogP) is 1.98. The lowest BCUT2D eigenvalue weighted by molar-refractivity contribution is -0.120. The summed E-state index contributed by atoms with van der Waals surface area (Å²) < 4.78 is 0. The van der Waals surface area contributed by atoms with E-state index in [1.807, 2.05) is 24.4 Å². The molecule has 0 atom stereocenters. The average molecular weight is 195 g/mol. The van der Waals surface area contributed by atoms with Gasteiger partial charge in [-0.3, -0.25) is 4.79 Å². The molecule has 0 fully saturated rings. The van der Waals surface area contributed by atoms with Gasteiger partial charge in [-0.25, -0.2) is 0 Å². The van der Waals surface area contributed by atoms with E-state index >= 15 is 0 Å². The Morgan fingerprint density at radius 3 is 3.00 bits per heavy atom. The molecule has 0 spiro atoms. The van der Waals surface area contributed by atoms with Crippen LogP contribution in [0.2, 0.25) is 0 Å². The number of amides is 1. The summed E-state index contributed by atoms with van der Waals surface area (Å²) in [7, 11) is 0. The van der Waals surface area contributed by atoms with Crippen molar-refractivity contribution in [3.05, 3.63) is 34.5 Å². The normalized spacial score (nSPS) is 9.62. The van der Waals surface area contributed by atoms with Crippen LogP contribution in [0.3, 0.4) is 0 Å². The van der Waals surface area contributed by atoms with Crippen molar-refractivity contribution in [1.29, 1.82) is 0 Å². The topological polar surface area (TPSA) is 29.1 Å². The van der Waals surface area contributed by atoms with Gasteiger partial charge in [-0.15, -0.1) is 11.3 Å². The fraction of sp³-hybridized carbons (Fsp3) is 0.300. The molecule has 0 saturated heterocycles. The second kappa shape index (κ2) is 4.82. The van der Waals surface area contributed by atoms with Crippen molar-refractivity contribution in [3.8, 4) is 0 Å². The van der Waals surface area contributed by atoms with Gasteiger partial charge in [0.1, 0.15) is 0 Å². The van der Waals surface area contributed by atoms with Gasteiger partial charge in [0.15, 0.2) is 0 Å². The van der Waals surface area contributed by atoms with Crippen LogP contribution in [-0.2, 0) is 11.2 Å². The van der Waals surface area contributed by atoms with Gasteiger partial charge in [-0.2, -0.15) is 0 Å². The van der Waals surface area contributed by atoms with Gasteiger partial charge in [0, 0.05) is 11.4 Å². The SMILES string of the molecule is C=C(C)CNC(=O)Cc1cccs1. The summed E-state index contributed by atoms with van der Waals surface area (Å²) in [5.74, 6) is 0.0606. The van der Waals surface area contributed by atoms with E-state index in [2.05, 4.69) is 11.9 Å². The van der Waals surface area contributed by atoms with Crippen molar-refractivity contribution in [1.82, 2.24) is 5.32 Å². The minimum absolute atomic E-state index is 0.0606. The minimum atomic E-state index is 0.0606. The van der Waals surface area contributed by atoms with Crippen LogP contribution >= 0.6 is 11.3 Å². The van der Waals surface area contributed by atoms with Gasteiger partial charge in [-0.1, -0.05) is 18.2 Å². The lowest BCUT2D eigenvalue weighted by Gasteiger charge is -2.02. The molecule has 1 aromatic rings. The number of hydrogen-bond donors (Lipinski definition) is 1. The Morgan fingerprint density at radius 1 is 1.69 bits per heavy atom. The third-order valence-corrected chi connectivity index (χ3v) is 2.38. The average Bonchev–Trinajstić information content (AvgIpc) is 2.53. The van der Waals surface area contributed by atoms with Crippen molar-refractivity contribution in [2.75, 3.05) is 6.54 Å². The Bertz CT molecular complexity index is 290. The molecular weight excluding hydrogens is 182 g/mol. The maximum atomic E-state index is 11.3. The van der Waals surface area contributed by atoms with Crippen LogP contribution in [0, 0.1) is 0 Å². The highest BCUT2D eigenvalue weighted by Crippen LogP contribution is 2.08. The minimum Gasteiger partial charge on any atom is -0.352 e. The molecule has 0 aliphatic rings. The molecule has 0 aromatic carbocycles. The molecule has 13 heavy (non-hydrogen) atoms. The van der Waals surface area contributed by atoms with Crippen LogP contribution in [0.15, 0.2) is 29.7 Å². The van der Waals surface area contributed by atoms with Crippen molar-refractivity contribution < 1.29 is 4.79 Å². The van der Waals surface area contributed by atoms with E-state index in [1.165, 1.54) is 0 Å². The quantitative estimate of drug-likeness (QED) is 0.731. The number of hydrogen-bond acceptors (Lipinski definition) is 2. The third-order valence-electron chi connectivity index (χ3n) is 1.50. The first-order valence-electron chi connectivity index (χ1n) is 4.12. The molecule has 70 valence electrons. The zero-order valence-corrected chi connectivity index (χ0v) is 8.49. The number of rotatable bonds is 4. The molecule has 3 heteroatoms. The Morgan fingerprint density at radius 2 is 2.46 bits per heavy atom. The Hall–Kier alpha value is -1.09. The summed E-state index contributed by atoms with van der Waals surface area (Å²) in [6, 6.07) is 3.91. The van der Waals surface area contributed by atoms with Gasteiger partial charge in [-0.05, 0) is 18.4 Å². The van der Waals surface area contributed by atoms with Crippen LogP contribution < -0.4 is 5.32 Å². The molecule has 2 nitrogen and oxygen atoms in total. The fourth-order valence-electron chi connectivity index (χ4n) is 0.883. The van der Waals surface area contributed by atoms with Gasteiger partial charge in [0.05, 0.1) is 6.42 Å². The second-order valence-electron chi connectivity index (χ2n) is 2.99. The lowest BCUT2D eigenvalue weighted by Crippen LogP contribution is -2.26. The Kier molecular flexibility index (Phi) is 3.71. The van der Waals surface area contributed by atoms with Gasteiger partial charge < -0.3 is 5.32 Å². The maximum absolute atomic E-state index is 11.3. The van der Waals surface area contributed by atoms with Gasteiger partial charge >= 0.3 is 0 Å². The summed E-state index contributed by atoms with van der Waals surface area (Å²) in [6.07, 6.45) is 0.477. The van der Waals surface area contributed by atoms with Crippen LogP contribution in [0.25, 0.3) is 0 Å². The molecule has 1 aromatic heterocycles. The standard InChI is InChI=1S/C10H13NOS/c1-8(2)7-11-10(12)6-9-4-3-5-13-9/h3-5H,1,6-7H2,2H3,(H,11,12). The summed E-state index contributed by atoms with van der Waals surface area (Å²) in [5, 5.41) is 4.76. The number of thiophene rings is 1. The summed E-state index contributed by atoms with van der Waals surface area (Å²) in [5.41, 5.74) is 0.972. The smallest absolute Gasteiger partial charge is 0.225 e. The second-order valence-corrected chi connectivity index (χ2v) is 4.02. The highest BCUT2D eigenvalue weighted by molar-refractivity contribution is 7.10. The zero-order valence-electron chi connectivity index (χ0n) is 7.67. The van der Waals surface area contributed by atoms with E-state index in [1.54, 1.807) is 11.3 Å². The van der Waals surface area contributed by atoms with Crippen LogP contribution in [0.4, 0.5) is 0 Å². The van der Waals surface area contributed by atoms with E-state index in [0.29, 0.717) is 13.0 Å². The summed E-state index contributed by atoms with van der Waals surface area (Å²) in [4.78, 5) is 12.4. The molecular formula is C10H13NOS. The molecule has 0 radical (unpaired) electrons. The highest BCUT2D eigenvalue weighted by atomic mass is 32.1. The van der Waals surface area contributed by atoms with E-state index in [9.17, 15) is 4.79 Å². The molecule has 1 heterocycles. The first kappa shape index (κ1) is 9.99. The van der Waals surface area contributed by atoms with Crippen molar-refractivity contribution in [2.24, 2.45) is 0 Å². The van der Waals surface area contributed by atoms with Gasteiger partial charge in [0.2, 0.25) is 5.91 Å². The van der Waals surface area contributed by atoms with Gasteiger partial charge in [0.25, 0.3) is 0 Å². The largest absolute Gasteiger partial charge is 0.352 e. The molecule has 0 aliphatic heterocycles. The van der Waals surface area contributed by atoms with Crippen molar-refractivity contribution in [3.63, 3.8) is 0 Å². The van der Waals surface area contributed by atoms with E-state index in [4.69, 9.17) is 0 Å². The molecule has 0 saturated carbocycles. The monoisotopic (exact) mass is 195 g/mol. The predicted molar refractivity (Wildman–Crippen MR) is 55.8 cm³/mol. The number of carbonyl (C=O) groups is 1. The molecule has 0 unspecified atom stereocenters. The first-order chi connectivity index (χ1) is 6.18. The number of nitrogens with one attached hydrogen (secondary N) is 1. The lowest BCUT2D eigenvalue weighted by atomic mass is 10.3. The molecule has 1 amide bonds. The van der Waals surface area contributed by atoms with Crippen LogP contribution in [0.5, 0.6) is 0 Å². The van der Waals surface area contributed by atoms with Crippen molar-refractivity contribution >= 4 is 17.2 Å². The number of carbonyl (C=O) groups excluding carboxylic acids is 1. The maximum Gasteiger partial charge on any atom is 0.225 e. The van der Waals surface area contributed by atoms with E-state index < -0.39 is 0 Å². The van der Waals surface area contributed by atoms with E-state index in [0.717, 1.165) is 10.5 Å². The molecule has 1 rings (SSSR count). The van der Waals surface area contributed by atoms with Crippen LogP contribution in [0.1, 0.15) is 11.8 Å². The molecule has 1 N–H and O–H groups in total. The third kappa shape index (κ3) is 3.90. The van der Waals surface area contributed by atoms with E-state index in [-0.39, 0.29) is 5.91 Å². The van der Waals surface area contributed by atoms with Crippen LogP contribution in [-0.4, -0.2) is 12.5 Å². The summed E-state index contributed by atoms with van der Waals surface area (Å²) >= 11 is 1.60. The first-order valence-corrected chi connectivity index (χ1v) is 5.00. The molecule has 0 aliphatic carbocycles. The Balaban J connectivity index is 2.30. The fourth-order valence-corrected chi connectivity index (χ4v) is 1.59. The van der Waals surface area contributed by atoms with Crippen molar-refractivity contribution in [2.45, 2.75) is 13.3 Å².